The molecule has 0 amide bonds. The van der Waals surface area contributed by atoms with E-state index in [0.717, 1.165) is 49.7 Å². The third kappa shape index (κ3) is 6.58. The van der Waals surface area contributed by atoms with Gasteiger partial charge in [-0.1, -0.05) is 6.58 Å². The summed E-state index contributed by atoms with van der Waals surface area (Å²) in [5, 5.41) is 0. The van der Waals surface area contributed by atoms with E-state index in [1.807, 2.05) is 0 Å². The first-order valence-electron chi connectivity index (χ1n) is 8.14. The first-order chi connectivity index (χ1) is 11.1. The number of carbonyl (C=O) groups is 1. The summed E-state index contributed by atoms with van der Waals surface area (Å²) in [6.07, 6.45) is 7.23. The van der Waals surface area contributed by atoms with Crippen LogP contribution in [0, 0.1) is 0 Å². The highest BCUT2D eigenvalue weighted by Crippen LogP contribution is 2.34. The van der Waals surface area contributed by atoms with Crippen molar-refractivity contribution in [2.45, 2.75) is 50.2 Å². The number of thioether (sulfide) groups is 1. The van der Waals surface area contributed by atoms with Gasteiger partial charge in [-0.05, 0) is 43.9 Å². The summed E-state index contributed by atoms with van der Waals surface area (Å²) >= 11 is 1.75. The lowest BCUT2D eigenvalue weighted by molar-refractivity contribution is -0.154. The molecule has 0 atom stereocenters. The quantitative estimate of drug-likeness (QED) is 0.229. The van der Waals surface area contributed by atoms with Crippen LogP contribution in [-0.2, 0) is 22.8 Å². The average Bonchev–Trinajstić information content (AvgIpc) is 3.04. The molecule has 0 aromatic carbocycles. The summed E-state index contributed by atoms with van der Waals surface area (Å²) in [5.74, 6) is 1.60. The predicted molar refractivity (Wildman–Crippen MR) is 95.6 cm³/mol. The number of hydrogen-bond acceptors (Lipinski definition) is 6. The summed E-state index contributed by atoms with van der Waals surface area (Å²) in [7, 11) is 2.42. The van der Waals surface area contributed by atoms with Crippen LogP contribution in [-0.4, -0.2) is 53.2 Å². The van der Waals surface area contributed by atoms with E-state index in [9.17, 15) is 4.79 Å². The molecule has 0 aliphatic heterocycles. The van der Waals surface area contributed by atoms with Crippen molar-refractivity contribution in [3.8, 4) is 0 Å². The summed E-state index contributed by atoms with van der Waals surface area (Å²) in [6, 6.07) is 0.785. The Balaban J connectivity index is 2.15. The van der Waals surface area contributed by atoms with Crippen LogP contribution >= 0.6 is 11.8 Å². The molecular weight excluding hydrogens is 332 g/mol. The minimum Gasteiger partial charge on any atom is -0.455 e. The first kappa shape index (κ1) is 20.7. The highest BCUT2D eigenvalue weighted by atomic mass is 32.2. The second kappa shape index (κ2) is 10.5. The minimum absolute atomic E-state index is 0.117. The van der Waals surface area contributed by atoms with Crippen molar-refractivity contribution >= 4 is 26.5 Å². The zero-order valence-corrected chi connectivity index (χ0v) is 16.4. The Kier molecular flexibility index (Phi) is 9.46. The monoisotopic (exact) mass is 362 g/mol. The van der Waals surface area contributed by atoms with E-state index in [1.165, 1.54) is 0 Å². The van der Waals surface area contributed by atoms with Crippen molar-refractivity contribution in [1.29, 1.82) is 0 Å². The molecule has 5 nitrogen and oxygen atoms in total. The number of esters is 1. The van der Waals surface area contributed by atoms with Gasteiger partial charge in [0, 0.05) is 33.1 Å². The van der Waals surface area contributed by atoms with Crippen LogP contribution in [0.15, 0.2) is 12.7 Å². The van der Waals surface area contributed by atoms with Gasteiger partial charge >= 0.3 is 14.8 Å². The van der Waals surface area contributed by atoms with E-state index in [-0.39, 0.29) is 5.97 Å². The molecule has 0 bridgehead atoms. The van der Waals surface area contributed by atoms with Gasteiger partial charge in [0.1, 0.15) is 5.60 Å². The fourth-order valence-corrected chi connectivity index (χ4v) is 5.65. The van der Waals surface area contributed by atoms with Crippen LogP contribution in [0.1, 0.15) is 38.5 Å². The van der Waals surface area contributed by atoms with Crippen LogP contribution in [0.3, 0.4) is 0 Å². The van der Waals surface area contributed by atoms with Gasteiger partial charge in [-0.15, -0.1) is 0 Å². The van der Waals surface area contributed by atoms with E-state index in [0.29, 0.717) is 6.42 Å². The average molecular weight is 363 g/mol. The third-order valence-electron chi connectivity index (χ3n) is 4.29. The molecule has 1 rings (SSSR count). The van der Waals surface area contributed by atoms with E-state index >= 15 is 0 Å². The highest BCUT2D eigenvalue weighted by molar-refractivity contribution is 7.99. The van der Waals surface area contributed by atoms with Crippen molar-refractivity contribution in [1.82, 2.24) is 0 Å². The predicted octanol–water partition coefficient (Wildman–Crippen LogP) is 3.42. The molecule has 0 unspecified atom stereocenters. The van der Waals surface area contributed by atoms with Crippen LogP contribution in [0.25, 0.3) is 0 Å². The van der Waals surface area contributed by atoms with Crippen LogP contribution in [0.5, 0.6) is 0 Å². The van der Waals surface area contributed by atoms with Gasteiger partial charge in [-0.25, -0.2) is 0 Å². The van der Waals surface area contributed by atoms with E-state index in [1.54, 1.807) is 39.2 Å². The molecule has 0 aromatic heterocycles. The van der Waals surface area contributed by atoms with Gasteiger partial charge in [0.05, 0.1) is 6.42 Å². The Labute approximate surface area is 145 Å². The maximum atomic E-state index is 12.0. The molecule has 0 N–H and O–H groups in total. The molecule has 0 spiro atoms. The van der Waals surface area contributed by atoms with Crippen molar-refractivity contribution < 1.29 is 22.8 Å². The topological polar surface area (TPSA) is 54.0 Å². The van der Waals surface area contributed by atoms with Crippen LogP contribution < -0.4 is 0 Å². The van der Waals surface area contributed by atoms with Gasteiger partial charge in [-0.2, -0.15) is 11.8 Å². The largest absolute Gasteiger partial charge is 0.500 e. The smallest absolute Gasteiger partial charge is 0.455 e. The SMILES string of the molecule is C=CC1(OC(=O)CCSCCC[Si](OC)(OC)OC)CCCC1. The van der Waals surface area contributed by atoms with E-state index in [4.69, 9.17) is 18.0 Å². The van der Waals surface area contributed by atoms with Gasteiger partial charge in [0.2, 0.25) is 0 Å². The molecule has 23 heavy (non-hydrogen) atoms. The second-order valence-corrected chi connectivity index (χ2v) is 10.0. The highest BCUT2D eigenvalue weighted by Gasteiger charge is 2.37. The molecule has 7 heteroatoms. The van der Waals surface area contributed by atoms with Crippen LogP contribution in [0.2, 0.25) is 6.04 Å². The minimum atomic E-state index is -2.46. The van der Waals surface area contributed by atoms with Gasteiger partial charge < -0.3 is 18.0 Å². The third-order valence-corrected chi connectivity index (χ3v) is 8.20. The van der Waals surface area contributed by atoms with Crippen molar-refractivity contribution in [2.24, 2.45) is 0 Å². The second-order valence-electron chi connectivity index (χ2n) is 5.71. The Morgan fingerprint density at radius 3 is 2.30 bits per heavy atom. The molecule has 134 valence electrons. The lowest BCUT2D eigenvalue weighted by Gasteiger charge is -2.25. The zero-order chi connectivity index (χ0) is 17.2. The maximum absolute atomic E-state index is 12.0. The van der Waals surface area contributed by atoms with E-state index < -0.39 is 14.4 Å². The zero-order valence-electron chi connectivity index (χ0n) is 14.6. The van der Waals surface area contributed by atoms with E-state index in [2.05, 4.69) is 6.58 Å². The first-order valence-corrected chi connectivity index (χ1v) is 11.2. The fourth-order valence-electron chi connectivity index (χ4n) is 2.80. The Morgan fingerprint density at radius 2 is 1.78 bits per heavy atom. The maximum Gasteiger partial charge on any atom is 0.500 e. The number of rotatable bonds is 12. The summed E-state index contributed by atoms with van der Waals surface area (Å²) in [6.45, 7) is 3.82. The Morgan fingerprint density at radius 1 is 1.17 bits per heavy atom. The molecule has 1 saturated carbocycles. The van der Waals surface area contributed by atoms with Crippen molar-refractivity contribution in [2.75, 3.05) is 32.8 Å². The molecule has 0 saturated heterocycles. The molecule has 1 aliphatic carbocycles. The van der Waals surface area contributed by atoms with Gasteiger partial charge in [0.25, 0.3) is 0 Å². The molecule has 0 heterocycles. The normalized spacial score (nSPS) is 17.2. The summed E-state index contributed by atoms with van der Waals surface area (Å²) < 4.78 is 21.8. The Hall–Kier alpha value is -0.343. The molecular formula is C16H30O5SSi. The lowest BCUT2D eigenvalue weighted by atomic mass is 10.0. The molecule has 0 radical (unpaired) electrons. The number of carbonyl (C=O) groups excluding carboxylic acids is 1. The standard InChI is InChI=1S/C16H30O5SSi/c1-5-16(10-6-7-11-16)21-15(17)9-13-22-12-8-14-23(18-2,19-3)20-4/h5H,1,6-14H2,2-4H3. The summed E-state index contributed by atoms with van der Waals surface area (Å²) in [4.78, 5) is 12.0. The number of hydrogen-bond donors (Lipinski definition) is 0. The molecule has 1 aliphatic rings. The Bertz CT molecular complexity index is 359. The summed E-state index contributed by atoms with van der Waals surface area (Å²) in [5.41, 5.74) is -0.400. The fraction of sp³-hybridized carbons (Fsp3) is 0.812. The van der Waals surface area contributed by atoms with Gasteiger partial charge in [0.15, 0.2) is 0 Å². The number of ether oxygens (including phenoxy) is 1. The molecule has 1 fully saturated rings. The van der Waals surface area contributed by atoms with Gasteiger partial charge in [-0.3, -0.25) is 4.79 Å². The van der Waals surface area contributed by atoms with Crippen molar-refractivity contribution in [3.05, 3.63) is 12.7 Å². The molecule has 0 aromatic rings. The lowest BCUT2D eigenvalue weighted by Crippen LogP contribution is -2.42. The van der Waals surface area contributed by atoms with Crippen molar-refractivity contribution in [3.63, 3.8) is 0 Å². The van der Waals surface area contributed by atoms with Crippen LogP contribution in [0.4, 0.5) is 0 Å².